The Morgan fingerprint density at radius 2 is 1.16 bits per heavy atom. The van der Waals surface area contributed by atoms with Crippen LogP contribution in [0.3, 0.4) is 0 Å². The molecule has 0 radical (unpaired) electrons. The van der Waals surface area contributed by atoms with E-state index in [9.17, 15) is 4.79 Å². The van der Waals surface area contributed by atoms with E-state index in [-0.39, 0.29) is 0 Å². The fourth-order valence-corrected chi connectivity index (χ4v) is 10.5. The monoisotopic (exact) mass is 1130 g/mol. The summed E-state index contributed by atoms with van der Waals surface area (Å²) in [6.45, 7) is 11.5. The second-order valence-corrected chi connectivity index (χ2v) is 20.3. The summed E-state index contributed by atoms with van der Waals surface area (Å²) >= 11 is 1.75. The van der Waals surface area contributed by atoms with E-state index < -0.39 is 0 Å². The second-order valence-electron chi connectivity index (χ2n) is 19.1. The molecule has 0 amide bonds. The van der Waals surface area contributed by atoms with E-state index in [1.54, 1.807) is 75.7 Å². The van der Waals surface area contributed by atoms with Crippen LogP contribution >= 0.6 is 11.3 Å². The van der Waals surface area contributed by atoms with Gasteiger partial charge < -0.3 is 14.1 Å². The van der Waals surface area contributed by atoms with Crippen molar-refractivity contribution in [2.75, 3.05) is 13.7 Å². The molecular formula is C55H51N25O2S. The molecule has 28 heteroatoms. The molecule has 0 aliphatic heterocycles. The number of fused-ring (bicyclic) bond motifs is 6. The number of aldehydes is 1. The van der Waals surface area contributed by atoms with Gasteiger partial charge in [0.1, 0.15) is 0 Å². The summed E-state index contributed by atoms with van der Waals surface area (Å²) in [5, 5.41) is 43.6. The van der Waals surface area contributed by atoms with Gasteiger partial charge in [0.15, 0.2) is 23.2 Å². The summed E-state index contributed by atoms with van der Waals surface area (Å²) in [7, 11) is 1.68. The fourth-order valence-electron chi connectivity index (χ4n) is 9.46. The molecule has 0 saturated carbocycles. The Bertz CT molecular complexity index is 4720. The highest BCUT2D eigenvalue weighted by Gasteiger charge is 2.17. The van der Waals surface area contributed by atoms with Gasteiger partial charge >= 0.3 is 0 Å². The molecule has 1 aromatic carbocycles. The first-order valence-electron chi connectivity index (χ1n) is 26.6. The molecule has 1 N–H and O–H groups in total. The number of carbonyl (C=O) groups excluding carboxylic acids is 1. The molecule has 0 spiro atoms. The highest BCUT2D eigenvalue weighted by atomic mass is 32.1. The van der Waals surface area contributed by atoms with Crippen LogP contribution in [0.2, 0.25) is 0 Å². The Balaban J connectivity index is 0.000000117. The maximum atomic E-state index is 11.2. The number of thiophene rings is 1. The molecule has 15 aromatic rings. The first kappa shape index (κ1) is 51.8. The van der Waals surface area contributed by atoms with E-state index in [1.807, 2.05) is 92.4 Å². The Kier molecular flexibility index (Phi) is 14.0. The van der Waals surface area contributed by atoms with Crippen LogP contribution in [0, 0.1) is 0 Å². The molecule has 14 heterocycles. The van der Waals surface area contributed by atoms with E-state index in [0.717, 1.165) is 87.5 Å². The second kappa shape index (κ2) is 22.5. The summed E-state index contributed by atoms with van der Waals surface area (Å²) in [6, 6.07) is 18.4. The van der Waals surface area contributed by atoms with Gasteiger partial charge in [0.25, 0.3) is 0 Å². The van der Waals surface area contributed by atoms with Crippen molar-refractivity contribution in [2.24, 2.45) is 0 Å². The zero-order valence-electron chi connectivity index (χ0n) is 45.3. The standard InChI is InChI=1S/C19H16N8O.C19H17N7OS.C17H18N10/c1-2-26-11-15(8-21-26)16-9-20-18-19(22-16)27(24-23-18)10-13-3-5-25-6-4-14(12-28)17(25)7-13;1-27-7-6-25-11-14(9-21-25)16-10-20-18-19(22-16)26(24-23-18)12-15-8-13-4-2-3-5-17(13)28-15;1-3-25-9-11(6-19-25)13-7-18-16-17(22-13)27(24-23-16)10-12-5-15-14(21-12)8-20-26(15)4-2/h3-9,11-12H,2,10H2,1H3;2-5,8-11H,6-7,12H2,1H3;5-9,21H,3-4,10H2,1-2H3. The lowest BCUT2D eigenvalue weighted by atomic mass is 10.2. The van der Waals surface area contributed by atoms with Crippen LogP contribution in [-0.2, 0) is 50.6 Å². The van der Waals surface area contributed by atoms with Gasteiger partial charge in [0.05, 0.1) is 110 Å². The maximum absolute atomic E-state index is 11.2. The Hall–Kier alpha value is -10.6. The maximum Gasteiger partial charge on any atom is 0.221 e. The quantitative estimate of drug-likeness (QED) is 0.0947. The van der Waals surface area contributed by atoms with Crippen LogP contribution in [-0.4, -0.2) is 143 Å². The zero-order valence-corrected chi connectivity index (χ0v) is 46.1. The van der Waals surface area contributed by atoms with Crippen LogP contribution in [0.15, 0.2) is 129 Å². The van der Waals surface area contributed by atoms with Crippen molar-refractivity contribution in [3.05, 3.63) is 151 Å². The SMILES string of the molecule is CCn1cc(-c2cnc3nnn(Cc4cc5c(cnn5CC)[nH]4)c3n2)cn1.CCn1cc(-c2cnc3nnn(Cc4ccn5ccc(C=O)c5c4)c3n2)cn1.COCCn1cc(-c2cnc3nnn(Cc4cc5ccccc5s4)c3n2)cn1. The Labute approximate surface area is 473 Å². The van der Waals surface area contributed by atoms with E-state index in [1.165, 1.54) is 15.0 Å². The lowest BCUT2D eigenvalue weighted by molar-refractivity contribution is 0.112. The van der Waals surface area contributed by atoms with Crippen molar-refractivity contribution in [3.8, 4) is 33.8 Å². The van der Waals surface area contributed by atoms with Crippen molar-refractivity contribution in [3.63, 3.8) is 0 Å². The van der Waals surface area contributed by atoms with Crippen molar-refractivity contribution in [1.82, 2.24) is 123 Å². The number of nitrogens with one attached hydrogen (secondary N) is 1. The smallest absolute Gasteiger partial charge is 0.221 e. The Morgan fingerprint density at radius 1 is 0.578 bits per heavy atom. The first-order chi connectivity index (χ1) is 40.8. The lowest BCUT2D eigenvalue weighted by Gasteiger charge is -2.04. The van der Waals surface area contributed by atoms with Crippen LogP contribution in [0.25, 0.3) is 94.3 Å². The van der Waals surface area contributed by atoms with Gasteiger partial charge in [-0.15, -0.1) is 26.6 Å². The predicted molar refractivity (Wildman–Crippen MR) is 308 cm³/mol. The lowest BCUT2D eigenvalue weighted by Crippen LogP contribution is -2.04. The van der Waals surface area contributed by atoms with Gasteiger partial charge in [-0.1, -0.05) is 33.8 Å². The molecule has 0 bridgehead atoms. The number of methoxy groups -OCH3 is 1. The zero-order chi connectivity index (χ0) is 56.4. The van der Waals surface area contributed by atoms with Crippen molar-refractivity contribution < 1.29 is 9.53 Å². The molecule has 15 rings (SSSR count). The number of rotatable bonds is 16. The fraction of sp³-hybridized carbons (Fsp3) is 0.218. The minimum Gasteiger partial charge on any atom is -0.383 e. The Morgan fingerprint density at radius 3 is 1.73 bits per heavy atom. The summed E-state index contributed by atoms with van der Waals surface area (Å²) < 4.78 is 21.0. The van der Waals surface area contributed by atoms with Crippen LogP contribution < -0.4 is 0 Å². The summed E-state index contributed by atoms with van der Waals surface area (Å²) in [6.07, 6.45) is 22.8. The molecule has 0 aliphatic carbocycles. The molecule has 14 aromatic heterocycles. The van der Waals surface area contributed by atoms with Gasteiger partial charge in [0.2, 0.25) is 16.9 Å². The molecular weight excluding hydrogens is 1070 g/mol. The topological polar surface area (TPSA) is 287 Å². The first-order valence-corrected chi connectivity index (χ1v) is 27.4. The van der Waals surface area contributed by atoms with Crippen molar-refractivity contribution in [1.29, 1.82) is 0 Å². The normalized spacial score (nSPS) is 11.6. The molecule has 414 valence electrons. The molecule has 0 fully saturated rings. The van der Waals surface area contributed by atoms with E-state index in [2.05, 4.69) is 109 Å². The summed E-state index contributed by atoms with van der Waals surface area (Å²) in [5.41, 5.74) is 14.0. The largest absolute Gasteiger partial charge is 0.383 e. The average Bonchev–Trinajstić information content (AvgIpc) is 4.32. The molecule has 83 heavy (non-hydrogen) atoms. The number of hydrogen-bond acceptors (Lipinski definition) is 19. The number of aryl methyl sites for hydroxylation is 3. The number of nitrogens with zero attached hydrogens (tertiary/aromatic N) is 24. The number of ether oxygens (including phenoxy) is 1. The van der Waals surface area contributed by atoms with E-state index in [0.29, 0.717) is 72.2 Å². The van der Waals surface area contributed by atoms with Crippen molar-refractivity contribution in [2.45, 2.75) is 66.6 Å². The van der Waals surface area contributed by atoms with Crippen LogP contribution in [0.5, 0.6) is 0 Å². The van der Waals surface area contributed by atoms with Crippen LogP contribution in [0.1, 0.15) is 47.3 Å². The number of hydrogen-bond donors (Lipinski definition) is 1. The number of H-pyrrole nitrogens is 1. The number of aromatic nitrogens is 25. The minimum absolute atomic E-state index is 0.475. The molecule has 0 atom stereocenters. The minimum atomic E-state index is 0.475. The number of pyridine rings is 1. The number of benzene rings is 1. The molecule has 0 saturated heterocycles. The highest BCUT2D eigenvalue weighted by Crippen LogP contribution is 2.28. The van der Waals surface area contributed by atoms with Gasteiger partial charge in [-0.05, 0) is 68.1 Å². The van der Waals surface area contributed by atoms with E-state index in [4.69, 9.17) is 19.7 Å². The third kappa shape index (κ3) is 10.6. The van der Waals surface area contributed by atoms with Gasteiger partial charge in [-0.25, -0.2) is 43.9 Å². The van der Waals surface area contributed by atoms with Crippen LogP contribution in [0.4, 0.5) is 0 Å². The summed E-state index contributed by atoms with van der Waals surface area (Å²) in [4.78, 5) is 43.1. The molecule has 0 unspecified atom stereocenters. The van der Waals surface area contributed by atoms with Gasteiger partial charge in [0, 0.05) is 95.3 Å². The molecule has 0 aliphatic rings. The number of aromatic amines is 1. The van der Waals surface area contributed by atoms with Gasteiger partial charge in [-0.2, -0.15) is 20.4 Å². The number of carbonyl (C=O) groups is 1. The van der Waals surface area contributed by atoms with Gasteiger partial charge in [-0.3, -0.25) is 23.5 Å². The highest BCUT2D eigenvalue weighted by molar-refractivity contribution is 7.19. The van der Waals surface area contributed by atoms with E-state index >= 15 is 0 Å². The predicted octanol–water partition coefficient (Wildman–Crippen LogP) is 7.06. The summed E-state index contributed by atoms with van der Waals surface area (Å²) in [5.74, 6) is 0. The third-order valence-corrected chi connectivity index (χ3v) is 14.8. The third-order valence-electron chi connectivity index (χ3n) is 13.7. The average molecular weight is 1130 g/mol. The van der Waals surface area contributed by atoms with Crippen molar-refractivity contribution >= 4 is 78.1 Å². The molecule has 27 nitrogen and oxygen atoms in total.